The van der Waals surface area contributed by atoms with Crippen LogP contribution in [-0.4, -0.2) is 33.6 Å². The average molecular weight is 252 g/mol. The van der Waals surface area contributed by atoms with Gasteiger partial charge in [-0.15, -0.1) is 0 Å². The molecule has 0 bridgehead atoms. The number of benzene rings is 1. The first-order valence-electron chi connectivity index (χ1n) is 5.90. The quantitative estimate of drug-likeness (QED) is 0.626. The normalized spacial score (nSPS) is 20.4. The molecule has 0 saturated carbocycles. The van der Waals surface area contributed by atoms with E-state index in [2.05, 4.69) is 18.7 Å². The fraction of sp³-hybridized carbons (Fsp3) is 0.538. The molecule has 1 aliphatic rings. The second kappa shape index (κ2) is 4.78. The second-order valence-electron chi connectivity index (χ2n) is 5.21. The zero-order chi connectivity index (χ0) is 12.5. The van der Waals surface area contributed by atoms with Crippen molar-refractivity contribution < 1.29 is 5.11 Å². The van der Waals surface area contributed by atoms with Crippen LogP contribution in [-0.2, 0) is 6.54 Å². The fourth-order valence-electron chi connectivity index (χ4n) is 2.22. The smallest absolute Gasteiger partial charge is 0.120 e. The lowest BCUT2D eigenvalue weighted by Crippen LogP contribution is -2.42. The van der Waals surface area contributed by atoms with Crippen molar-refractivity contribution in [3.8, 4) is 5.75 Å². The van der Waals surface area contributed by atoms with E-state index in [1.807, 2.05) is 17.8 Å². The van der Waals surface area contributed by atoms with Crippen molar-refractivity contribution in [1.29, 1.82) is 0 Å². The highest BCUT2D eigenvalue weighted by Crippen LogP contribution is 2.31. The van der Waals surface area contributed by atoms with Crippen molar-refractivity contribution in [2.75, 3.05) is 24.6 Å². The Morgan fingerprint density at radius 3 is 2.94 bits per heavy atom. The molecule has 1 heterocycles. The standard InChI is InChI=1S/C13H20N2OS/c1-13(2)9-15(5-6-17-13)8-10-7-11(14)3-4-12(10)16/h3-4,7,16H,5-6,8-9,14H2,1-2H3. The summed E-state index contributed by atoms with van der Waals surface area (Å²) in [6.07, 6.45) is 0. The minimum Gasteiger partial charge on any atom is -0.508 e. The third kappa shape index (κ3) is 3.30. The topological polar surface area (TPSA) is 49.5 Å². The van der Waals surface area contributed by atoms with Gasteiger partial charge in [-0.2, -0.15) is 11.8 Å². The van der Waals surface area contributed by atoms with Gasteiger partial charge in [-0.05, 0) is 32.0 Å². The van der Waals surface area contributed by atoms with Gasteiger partial charge in [0.2, 0.25) is 0 Å². The van der Waals surface area contributed by atoms with E-state index in [0.717, 1.165) is 31.0 Å². The third-order valence-electron chi connectivity index (χ3n) is 3.00. The van der Waals surface area contributed by atoms with E-state index in [4.69, 9.17) is 5.73 Å². The predicted molar refractivity (Wildman–Crippen MR) is 74.3 cm³/mol. The third-order valence-corrected chi connectivity index (χ3v) is 4.30. The Kier molecular flexibility index (Phi) is 3.54. The summed E-state index contributed by atoms with van der Waals surface area (Å²) in [5, 5.41) is 9.81. The number of nitrogen functional groups attached to an aromatic ring is 1. The highest BCUT2D eigenvalue weighted by molar-refractivity contribution is 8.00. The van der Waals surface area contributed by atoms with E-state index >= 15 is 0 Å². The van der Waals surface area contributed by atoms with Crippen LogP contribution in [0.1, 0.15) is 19.4 Å². The molecular weight excluding hydrogens is 232 g/mol. The number of aromatic hydroxyl groups is 1. The number of rotatable bonds is 2. The molecule has 0 amide bonds. The maximum absolute atomic E-state index is 9.81. The Morgan fingerprint density at radius 1 is 1.47 bits per heavy atom. The van der Waals surface area contributed by atoms with Gasteiger partial charge in [-0.1, -0.05) is 0 Å². The van der Waals surface area contributed by atoms with Crippen LogP contribution in [0.25, 0.3) is 0 Å². The fourth-order valence-corrected chi connectivity index (χ4v) is 3.40. The molecule has 1 aromatic rings. The van der Waals surface area contributed by atoms with E-state index in [-0.39, 0.29) is 0 Å². The summed E-state index contributed by atoms with van der Waals surface area (Å²) >= 11 is 2.01. The van der Waals surface area contributed by atoms with Crippen LogP contribution in [0.15, 0.2) is 18.2 Å². The summed E-state index contributed by atoms with van der Waals surface area (Å²) in [5.41, 5.74) is 7.39. The van der Waals surface area contributed by atoms with E-state index in [1.165, 1.54) is 0 Å². The Bertz CT molecular complexity index is 406. The van der Waals surface area contributed by atoms with Gasteiger partial charge in [0.15, 0.2) is 0 Å². The molecule has 0 unspecified atom stereocenters. The van der Waals surface area contributed by atoms with Crippen LogP contribution < -0.4 is 5.73 Å². The van der Waals surface area contributed by atoms with Gasteiger partial charge in [0.25, 0.3) is 0 Å². The second-order valence-corrected chi connectivity index (χ2v) is 7.01. The van der Waals surface area contributed by atoms with Crippen molar-refractivity contribution in [2.45, 2.75) is 25.1 Å². The number of hydrogen-bond acceptors (Lipinski definition) is 4. The van der Waals surface area contributed by atoms with E-state index < -0.39 is 0 Å². The average Bonchev–Trinajstić information content (AvgIpc) is 2.22. The SMILES string of the molecule is CC1(C)CN(Cc2cc(N)ccc2O)CCS1. The minimum atomic E-state index is 0.300. The Balaban J connectivity index is 2.07. The predicted octanol–water partition coefficient (Wildman–Crippen LogP) is 2.30. The highest BCUT2D eigenvalue weighted by atomic mass is 32.2. The van der Waals surface area contributed by atoms with Gasteiger partial charge < -0.3 is 10.8 Å². The van der Waals surface area contributed by atoms with Gasteiger partial charge >= 0.3 is 0 Å². The van der Waals surface area contributed by atoms with E-state index in [0.29, 0.717) is 16.2 Å². The maximum Gasteiger partial charge on any atom is 0.120 e. The molecule has 0 spiro atoms. The molecule has 94 valence electrons. The number of phenolic OH excluding ortho intramolecular Hbond substituents is 1. The molecule has 17 heavy (non-hydrogen) atoms. The van der Waals surface area contributed by atoms with Crippen LogP contribution in [0, 0.1) is 0 Å². The van der Waals surface area contributed by atoms with Crippen LogP contribution in [0.2, 0.25) is 0 Å². The van der Waals surface area contributed by atoms with Gasteiger partial charge in [-0.25, -0.2) is 0 Å². The molecule has 4 heteroatoms. The lowest BCUT2D eigenvalue weighted by atomic mass is 10.1. The zero-order valence-electron chi connectivity index (χ0n) is 10.4. The minimum absolute atomic E-state index is 0.300. The lowest BCUT2D eigenvalue weighted by Gasteiger charge is -2.37. The molecule has 2 rings (SSSR count). The Morgan fingerprint density at radius 2 is 2.24 bits per heavy atom. The molecule has 1 fully saturated rings. The van der Waals surface area contributed by atoms with Crippen molar-refractivity contribution in [3.05, 3.63) is 23.8 Å². The number of thioether (sulfide) groups is 1. The first-order chi connectivity index (χ1) is 7.96. The van der Waals surface area contributed by atoms with Crippen molar-refractivity contribution in [1.82, 2.24) is 4.90 Å². The summed E-state index contributed by atoms with van der Waals surface area (Å²) in [6.45, 7) is 7.43. The molecule has 3 nitrogen and oxygen atoms in total. The Labute approximate surface area is 107 Å². The van der Waals surface area contributed by atoms with Gasteiger partial charge in [0, 0.05) is 41.4 Å². The number of hydrogen-bond donors (Lipinski definition) is 2. The van der Waals surface area contributed by atoms with E-state index in [1.54, 1.807) is 12.1 Å². The van der Waals surface area contributed by atoms with Gasteiger partial charge in [0.05, 0.1) is 0 Å². The molecule has 0 aliphatic carbocycles. The summed E-state index contributed by atoms with van der Waals surface area (Å²) in [7, 11) is 0. The van der Waals surface area contributed by atoms with Crippen LogP contribution in [0.3, 0.4) is 0 Å². The maximum atomic E-state index is 9.81. The van der Waals surface area contributed by atoms with Crippen LogP contribution in [0.4, 0.5) is 5.69 Å². The molecule has 3 N–H and O–H groups in total. The van der Waals surface area contributed by atoms with Crippen LogP contribution >= 0.6 is 11.8 Å². The number of phenols is 1. The molecule has 1 saturated heterocycles. The molecule has 1 aromatic carbocycles. The first kappa shape index (κ1) is 12.6. The zero-order valence-corrected chi connectivity index (χ0v) is 11.3. The van der Waals surface area contributed by atoms with E-state index in [9.17, 15) is 5.11 Å². The Hall–Kier alpha value is -0.870. The molecule has 1 aliphatic heterocycles. The summed E-state index contributed by atoms with van der Waals surface area (Å²) < 4.78 is 0.300. The van der Waals surface area contributed by atoms with Crippen molar-refractivity contribution in [2.24, 2.45) is 0 Å². The molecule has 0 atom stereocenters. The number of nitrogens with two attached hydrogens (primary N) is 1. The largest absolute Gasteiger partial charge is 0.508 e. The molecule has 0 radical (unpaired) electrons. The van der Waals surface area contributed by atoms with Crippen molar-refractivity contribution >= 4 is 17.4 Å². The monoisotopic (exact) mass is 252 g/mol. The highest BCUT2D eigenvalue weighted by Gasteiger charge is 2.27. The number of nitrogens with zero attached hydrogens (tertiary/aromatic N) is 1. The first-order valence-corrected chi connectivity index (χ1v) is 6.88. The summed E-state index contributed by atoms with van der Waals surface area (Å²) in [6, 6.07) is 5.27. The molecular formula is C13H20N2OS. The molecule has 0 aromatic heterocycles. The van der Waals surface area contributed by atoms with Gasteiger partial charge in [-0.3, -0.25) is 4.90 Å². The van der Waals surface area contributed by atoms with Crippen molar-refractivity contribution in [3.63, 3.8) is 0 Å². The summed E-state index contributed by atoms with van der Waals surface area (Å²) in [5.74, 6) is 1.49. The van der Waals surface area contributed by atoms with Gasteiger partial charge in [0.1, 0.15) is 5.75 Å². The van der Waals surface area contributed by atoms with Crippen LogP contribution in [0.5, 0.6) is 5.75 Å². The summed E-state index contributed by atoms with van der Waals surface area (Å²) in [4.78, 5) is 2.38. The lowest BCUT2D eigenvalue weighted by molar-refractivity contribution is 0.249. The number of anilines is 1.